The third kappa shape index (κ3) is 5.13. The predicted octanol–water partition coefficient (Wildman–Crippen LogP) is 3.73. The lowest BCUT2D eigenvalue weighted by atomic mass is 9.91. The molecule has 166 valence electrons. The highest BCUT2D eigenvalue weighted by Crippen LogP contribution is 2.33. The van der Waals surface area contributed by atoms with Crippen LogP contribution in [-0.2, 0) is 17.9 Å². The molecule has 2 atom stereocenters. The number of piperidine rings is 1. The van der Waals surface area contributed by atoms with Crippen LogP contribution in [0.5, 0.6) is 17.2 Å². The van der Waals surface area contributed by atoms with Crippen LogP contribution < -0.4 is 14.2 Å². The lowest BCUT2D eigenvalue weighted by Crippen LogP contribution is -2.46. The molecule has 6 heteroatoms. The second kappa shape index (κ2) is 9.60. The smallest absolute Gasteiger partial charge is 0.219 e. The third-order valence-electron chi connectivity index (χ3n) is 6.39. The van der Waals surface area contributed by atoms with Gasteiger partial charge in [-0.1, -0.05) is 12.1 Å². The Balaban J connectivity index is 1.48. The molecule has 2 aliphatic heterocycles. The Morgan fingerprint density at radius 1 is 1.06 bits per heavy atom. The van der Waals surface area contributed by atoms with Crippen molar-refractivity contribution in [2.45, 2.75) is 39.0 Å². The van der Waals surface area contributed by atoms with E-state index in [9.17, 15) is 4.79 Å². The minimum atomic E-state index is -0.0165. The van der Waals surface area contributed by atoms with E-state index >= 15 is 0 Å². The van der Waals surface area contributed by atoms with Crippen LogP contribution in [0, 0.1) is 5.92 Å². The molecule has 0 unspecified atom stereocenters. The van der Waals surface area contributed by atoms with Gasteiger partial charge in [0.05, 0.1) is 20.8 Å². The normalized spacial score (nSPS) is 21.6. The highest BCUT2D eigenvalue weighted by Gasteiger charge is 2.33. The highest BCUT2D eigenvalue weighted by atomic mass is 16.5. The summed E-state index contributed by atoms with van der Waals surface area (Å²) in [6.07, 6.45) is 2.23. The summed E-state index contributed by atoms with van der Waals surface area (Å²) in [6, 6.07) is 14.2. The number of ether oxygens (including phenoxy) is 3. The zero-order chi connectivity index (χ0) is 21.8. The maximum Gasteiger partial charge on any atom is 0.219 e. The lowest BCUT2D eigenvalue weighted by molar-refractivity contribution is -0.130. The summed E-state index contributed by atoms with van der Waals surface area (Å²) in [5, 5.41) is 0. The number of benzene rings is 2. The molecule has 0 spiro atoms. The number of methoxy groups -OCH3 is 2. The molecule has 0 N–H and O–H groups in total. The molecule has 2 aromatic rings. The Morgan fingerprint density at radius 3 is 2.52 bits per heavy atom. The van der Waals surface area contributed by atoms with Gasteiger partial charge in [0, 0.05) is 38.0 Å². The van der Waals surface area contributed by atoms with Crippen molar-refractivity contribution in [3.63, 3.8) is 0 Å². The Bertz CT molecular complexity index is 899. The van der Waals surface area contributed by atoms with Crippen molar-refractivity contribution >= 4 is 5.91 Å². The number of carbonyl (C=O) groups is 1. The molecule has 0 saturated carbocycles. The van der Waals surface area contributed by atoms with Crippen molar-refractivity contribution in [1.82, 2.24) is 9.80 Å². The average molecular weight is 425 g/mol. The molecular weight excluding hydrogens is 392 g/mol. The van der Waals surface area contributed by atoms with Crippen LogP contribution in [0.15, 0.2) is 42.5 Å². The van der Waals surface area contributed by atoms with Gasteiger partial charge >= 0.3 is 0 Å². The molecule has 0 aliphatic carbocycles. The molecule has 0 bridgehead atoms. The number of nitrogens with zero attached hydrogens (tertiary/aromatic N) is 2. The maximum absolute atomic E-state index is 12.3. The summed E-state index contributed by atoms with van der Waals surface area (Å²) in [5.41, 5.74) is 2.29. The molecule has 0 radical (unpaired) electrons. The molecule has 1 saturated heterocycles. The van der Waals surface area contributed by atoms with Gasteiger partial charge in [-0.3, -0.25) is 9.69 Å². The van der Waals surface area contributed by atoms with Gasteiger partial charge in [0.15, 0.2) is 0 Å². The predicted molar refractivity (Wildman–Crippen MR) is 119 cm³/mol. The van der Waals surface area contributed by atoms with Crippen LogP contribution in [0.4, 0.5) is 0 Å². The minimum absolute atomic E-state index is 0.0165. The first-order chi connectivity index (χ1) is 15.1. The molecular formula is C25H32N2O4. The Hall–Kier alpha value is -2.73. The summed E-state index contributed by atoms with van der Waals surface area (Å²) in [5.74, 6) is 2.98. The number of amides is 1. The third-order valence-corrected chi connectivity index (χ3v) is 6.39. The van der Waals surface area contributed by atoms with Crippen LogP contribution in [0.3, 0.4) is 0 Å². The second-order valence-corrected chi connectivity index (χ2v) is 8.51. The fourth-order valence-electron chi connectivity index (χ4n) is 4.62. The molecule has 1 fully saturated rings. The van der Waals surface area contributed by atoms with E-state index in [2.05, 4.69) is 17.0 Å². The SMILES string of the molecule is COc1ccc(CN2CCC[C@@H]([C@@H]3CN(C(C)=O)Cc4cc(OC)ccc4O3)C2)cc1. The number of likely N-dealkylation sites (tertiary alicyclic amines) is 1. The number of rotatable bonds is 5. The highest BCUT2D eigenvalue weighted by molar-refractivity contribution is 5.73. The van der Waals surface area contributed by atoms with Crippen molar-refractivity contribution in [1.29, 1.82) is 0 Å². The van der Waals surface area contributed by atoms with Crippen LogP contribution in [0.25, 0.3) is 0 Å². The average Bonchev–Trinajstić information content (AvgIpc) is 2.99. The first-order valence-electron chi connectivity index (χ1n) is 11.0. The van der Waals surface area contributed by atoms with E-state index in [1.54, 1.807) is 21.1 Å². The summed E-state index contributed by atoms with van der Waals surface area (Å²) in [6.45, 7) is 5.78. The fourth-order valence-corrected chi connectivity index (χ4v) is 4.62. The van der Waals surface area contributed by atoms with Crippen LogP contribution in [0.1, 0.15) is 30.9 Å². The van der Waals surface area contributed by atoms with E-state index in [-0.39, 0.29) is 12.0 Å². The Morgan fingerprint density at radius 2 is 1.81 bits per heavy atom. The monoisotopic (exact) mass is 424 g/mol. The molecule has 2 heterocycles. The Kier molecular flexibility index (Phi) is 6.66. The van der Waals surface area contributed by atoms with Crippen molar-refractivity contribution < 1.29 is 19.0 Å². The van der Waals surface area contributed by atoms with Gasteiger partial charge in [0.2, 0.25) is 5.91 Å². The number of hydrogen-bond acceptors (Lipinski definition) is 5. The van der Waals surface area contributed by atoms with Gasteiger partial charge in [-0.25, -0.2) is 0 Å². The van der Waals surface area contributed by atoms with E-state index in [0.29, 0.717) is 19.0 Å². The quantitative estimate of drug-likeness (QED) is 0.732. The number of fused-ring (bicyclic) bond motifs is 1. The fraction of sp³-hybridized carbons (Fsp3) is 0.480. The van der Waals surface area contributed by atoms with Crippen LogP contribution >= 0.6 is 0 Å². The molecule has 4 rings (SSSR count). The van der Waals surface area contributed by atoms with Crippen molar-refractivity contribution in [2.24, 2.45) is 5.92 Å². The summed E-state index contributed by atoms with van der Waals surface area (Å²) in [7, 11) is 3.35. The summed E-state index contributed by atoms with van der Waals surface area (Å²) < 4.78 is 17.2. The Labute approximate surface area is 184 Å². The summed E-state index contributed by atoms with van der Waals surface area (Å²) >= 11 is 0. The van der Waals surface area contributed by atoms with E-state index in [1.807, 2.05) is 35.2 Å². The van der Waals surface area contributed by atoms with Gasteiger partial charge in [-0.05, 0) is 55.3 Å². The van der Waals surface area contributed by atoms with Crippen LogP contribution in [-0.4, -0.2) is 55.7 Å². The second-order valence-electron chi connectivity index (χ2n) is 8.51. The molecule has 0 aromatic heterocycles. The van der Waals surface area contributed by atoms with E-state index in [4.69, 9.17) is 14.2 Å². The number of carbonyl (C=O) groups excluding carboxylic acids is 1. The van der Waals surface area contributed by atoms with E-state index in [0.717, 1.165) is 55.3 Å². The van der Waals surface area contributed by atoms with Crippen molar-refractivity contribution in [3.05, 3.63) is 53.6 Å². The van der Waals surface area contributed by atoms with Crippen molar-refractivity contribution in [3.8, 4) is 17.2 Å². The van der Waals surface area contributed by atoms with E-state index < -0.39 is 0 Å². The van der Waals surface area contributed by atoms with Gasteiger partial charge in [0.1, 0.15) is 23.4 Å². The first kappa shape index (κ1) is 21.5. The molecule has 6 nitrogen and oxygen atoms in total. The van der Waals surface area contributed by atoms with Gasteiger partial charge in [-0.2, -0.15) is 0 Å². The topological polar surface area (TPSA) is 51.2 Å². The molecule has 2 aliphatic rings. The van der Waals surface area contributed by atoms with Crippen LogP contribution in [0.2, 0.25) is 0 Å². The van der Waals surface area contributed by atoms with Gasteiger partial charge < -0.3 is 19.1 Å². The van der Waals surface area contributed by atoms with Gasteiger partial charge in [-0.15, -0.1) is 0 Å². The first-order valence-corrected chi connectivity index (χ1v) is 11.0. The van der Waals surface area contributed by atoms with Gasteiger partial charge in [0.25, 0.3) is 0 Å². The molecule has 2 aromatic carbocycles. The maximum atomic E-state index is 12.3. The molecule has 1 amide bonds. The lowest BCUT2D eigenvalue weighted by Gasteiger charge is -2.37. The number of hydrogen-bond donors (Lipinski definition) is 0. The standard InChI is InChI=1S/C25H32N2O4/c1-18(28)27-16-21-13-23(30-3)10-11-24(21)31-25(17-27)20-5-4-12-26(15-20)14-19-6-8-22(29-2)9-7-19/h6-11,13,20,25H,4-5,12,14-17H2,1-3H3/t20-,25+/m1/s1. The molecule has 31 heavy (non-hydrogen) atoms. The summed E-state index contributed by atoms with van der Waals surface area (Å²) in [4.78, 5) is 16.7. The minimum Gasteiger partial charge on any atom is -0.497 e. The van der Waals surface area contributed by atoms with E-state index in [1.165, 1.54) is 5.56 Å². The zero-order valence-corrected chi connectivity index (χ0v) is 18.7. The zero-order valence-electron chi connectivity index (χ0n) is 18.7. The van der Waals surface area contributed by atoms with Crippen molar-refractivity contribution in [2.75, 3.05) is 33.9 Å². The largest absolute Gasteiger partial charge is 0.497 e.